The Morgan fingerprint density at radius 1 is 0.582 bits per heavy atom. The molecule has 3 heteroatoms. The highest BCUT2D eigenvalue weighted by Gasteiger charge is 2.49. The van der Waals surface area contributed by atoms with Crippen LogP contribution in [0.1, 0.15) is 186 Å². The molecule has 0 spiro atoms. The number of aryl methyl sites for hydroxylation is 2. The molecule has 0 bridgehead atoms. The number of rotatable bonds is 4. The molecule has 1 aliphatic heterocycles. The molecule has 11 rings (SSSR count). The van der Waals surface area contributed by atoms with E-state index in [-0.39, 0.29) is 37.9 Å². The maximum Gasteiger partial charge on any atom is 0.198 e. The van der Waals surface area contributed by atoms with Gasteiger partial charge in [-0.3, -0.25) is 0 Å². The summed E-state index contributed by atoms with van der Waals surface area (Å²) in [5, 5.41) is 4.27. The number of fused-ring (bicyclic) bond motifs is 8. The second kappa shape index (κ2) is 14.3. The van der Waals surface area contributed by atoms with E-state index < -0.39 is 0 Å². The monoisotopic (exact) mass is 887 g/mol. The minimum Gasteiger partial charge on any atom is -0.358 e. The molecule has 1 N–H and O–H groups in total. The molecule has 1 heterocycles. The lowest BCUT2D eigenvalue weighted by Gasteiger charge is -2.50. The molecule has 4 aromatic rings. The number of allylic oxidation sites excluding steroid dienone is 7. The lowest BCUT2D eigenvalue weighted by molar-refractivity contribution is 0.121. The van der Waals surface area contributed by atoms with Crippen LogP contribution in [0.5, 0.6) is 0 Å². The zero-order valence-corrected chi connectivity index (χ0v) is 44.3. The van der Waals surface area contributed by atoms with Crippen LogP contribution in [-0.2, 0) is 27.1 Å². The van der Waals surface area contributed by atoms with Gasteiger partial charge in [-0.15, -0.1) is 0 Å². The highest BCUT2D eigenvalue weighted by Crippen LogP contribution is 2.60. The fourth-order valence-electron chi connectivity index (χ4n) is 15.3. The molecule has 0 saturated heterocycles. The van der Waals surface area contributed by atoms with Gasteiger partial charge in [0.2, 0.25) is 0 Å². The smallest absolute Gasteiger partial charge is 0.198 e. The molecule has 1 saturated carbocycles. The first kappa shape index (κ1) is 45.0. The van der Waals surface area contributed by atoms with Gasteiger partial charge in [-0.1, -0.05) is 157 Å². The zero-order valence-electron chi connectivity index (χ0n) is 44.3. The van der Waals surface area contributed by atoms with E-state index in [0.717, 1.165) is 26.5 Å². The third-order valence-corrected chi connectivity index (χ3v) is 19.4. The summed E-state index contributed by atoms with van der Waals surface area (Å²) in [6, 6.07) is 25.0. The summed E-state index contributed by atoms with van der Waals surface area (Å²) in [6.45, 7) is 39.6. The molecule has 348 valence electrons. The maximum absolute atomic E-state index is 4.27. The Morgan fingerprint density at radius 3 is 1.94 bits per heavy atom. The Hall–Kier alpha value is -4.50. The van der Waals surface area contributed by atoms with Gasteiger partial charge in [-0.25, -0.2) is 0 Å². The number of nitrogens with one attached hydrogen (secondary N) is 1. The van der Waals surface area contributed by atoms with Gasteiger partial charge < -0.3 is 10.2 Å². The van der Waals surface area contributed by atoms with E-state index in [0.29, 0.717) is 11.8 Å². The molecule has 6 aliphatic carbocycles. The fourth-order valence-corrected chi connectivity index (χ4v) is 15.3. The minimum atomic E-state index is 0.0547. The first-order valence-corrected chi connectivity index (χ1v) is 26.2. The topological polar surface area (TPSA) is 15.3 Å². The van der Waals surface area contributed by atoms with Gasteiger partial charge in [0.15, 0.2) is 7.28 Å². The minimum absolute atomic E-state index is 0.0547. The van der Waals surface area contributed by atoms with Crippen molar-refractivity contribution in [2.24, 2.45) is 22.7 Å². The van der Waals surface area contributed by atoms with E-state index in [9.17, 15) is 0 Å². The lowest BCUT2D eigenvalue weighted by Crippen LogP contribution is -2.41. The van der Waals surface area contributed by atoms with Crippen LogP contribution in [0, 0.1) is 36.5 Å². The third-order valence-electron chi connectivity index (χ3n) is 19.4. The van der Waals surface area contributed by atoms with Crippen LogP contribution in [-0.4, -0.2) is 7.28 Å². The van der Waals surface area contributed by atoms with Gasteiger partial charge in [-0.05, 0) is 200 Å². The number of nitrogens with zero attached hydrogens (tertiary/aromatic N) is 1. The van der Waals surface area contributed by atoms with Crippen LogP contribution >= 0.6 is 0 Å². The normalized spacial score (nSPS) is 25.7. The van der Waals surface area contributed by atoms with Crippen molar-refractivity contribution in [1.82, 2.24) is 0 Å². The van der Waals surface area contributed by atoms with Crippen molar-refractivity contribution in [2.45, 2.75) is 183 Å². The molecular formula is C64H79BN2. The molecule has 4 aromatic carbocycles. The predicted molar refractivity (Wildman–Crippen MR) is 290 cm³/mol. The van der Waals surface area contributed by atoms with Gasteiger partial charge in [0.25, 0.3) is 0 Å². The Bertz CT molecular complexity index is 2950. The largest absolute Gasteiger partial charge is 0.358 e. The molecule has 0 amide bonds. The molecule has 1 fully saturated rings. The van der Waals surface area contributed by atoms with Crippen LogP contribution in [0.25, 0.3) is 16.7 Å². The Labute approximate surface area is 406 Å². The summed E-state index contributed by atoms with van der Waals surface area (Å²) >= 11 is 0. The van der Waals surface area contributed by atoms with E-state index in [4.69, 9.17) is 0 Å². The van der Waals surface area contributed by atoms with Crippen LogP contribution in [0.15, 0.2) is 101 Å². The Balaban J connectivity index is 1.17. The summed E-state index contributed by atoms with van der Waals surface area (Å²) in [6.07, 6.45) is 15.8. The number of hydrogen-bond donors (Lipinski definition) is 1. The van der Waals surface area contributed by atoms with E-state index >= 15 is 0 Å². The number of hydrogen-bond acceptors (Lipinski definition) is 2. The van der Waals surface area contributed by atoms with Crippen LogP contribution < -0.4 is 15.7 Å². The summed E-state index contributed by atoms with van der Waals surface area (Å²) in [4.78, 5) is 2.76. The molecule has 2 unspecified atom stereocenters. The summed E-state index contributed by atoms with van der Waals surface area (Å²) < 4.78 is 0. The third kappa shape index (κ3) is 6.68. The molecule has 0 aromatic heterocycles. The van der Waals surface area contributed by atoms with Gasteiger partial charge in [0.05, 0.1) is 0 Å². The second-order valence-corrected chi connectivity index (χ2v) is 27.3. The van der Waals surface area contributed by atoms with Crippen molar-refractivity contribution in [1.29, 1.82) is 0 Å². The quantitative estimate of drug-likeness (QED) is 0.205. The predicted octanol–water partition coefficient (Wildman–Crippen LogP) is 16.2. The molecule has 67 heavy (non-hydrogen) atoms. The molecule has 0 radical (unpaired) electrons. The zero-order chi connectivity index (χ0) is 47.8. The Morgan fingerprint density at radius 2 is 1.22 bits per heavy atom. The van der Waals surface area contributed by atoms with E-state index in [1.807, 2.05) is 0 Å². The van der Waals surface area contributed by atoms with Crippen molar-refractivity contribution in [2.75, 3.05) is 10.2 Å². The second-order valence-electron chi connectivity index (χ2n) is 27.3. The summed E-state index contributed by atoms with van der Waals surface area (Å²) in [5.41, 5.74) is 28.4. The standard InChI is InChI=1S/C64H79BN2/c1-37-29-42(41-33-48-49(63(13,14)36-62(48,11)12)34-51(41)66-39-21-22-44-47(32-39)60(7,8)26-25-58(44,3)4)56-54(30-37)67(53-35-50-46(31-38(53)2)59(5,6)27-28-61(50,9)10)52-24-23-45-55(57(52)65-56)40-19-17-18-20-43(40)64(45,15)16/h17-22,24,29-31,33-35,45,47,65-66H,23,25-28,32,36H2,1-16H3. The van der Waals surface area contributed by atoms with Gasteiger partial charge in [0.1, 0.15) is 0 Å². The first-order chi connectivity index (χ1) is 31.2. The van der Waals surface area contributed by atoms with Crippen LogP contribution in [0.2, 0.25) is 0 Å². The lowest BCUT2D eigenvalue weighted by atomic mass is 9.52. The fraction of sp³-hybridized carbons (Fsp3) is 0.500. The highest BCUT2D eigenvalue weighted by molar-refractivity contribution is 6.68. The van der Waals surface area contributed by atoms with Crippen molar-refractivity contribution in [3.8, 4) is 11.1 Å². The van der Waals surface area contributed by atoms with Crippen LogP contribution in [0.3, 0.4) is 0 Å². The van der Waals surface area contributed by atoms with Crippen molar-refractivity contribution in [3.63, 3.8) is 0 Å². The maximum atomic E-state index is 4.27. The number of benzene rings is 4. The molecule has 7 aliphatic rings. The molecule has 2 atom stereocenters. The van der Waals surface area contributed by atoms with Crippen molar-refractivity contribution in [3.05, 3.63) is 146 Å². The average molecular weight is 887 g/mol. The number of anilines is 3. The van der Waals surface area contributed by atoms with Gasteiger partial charge >= 0.3 is 0 Å². The van der Waals surface area contributed by atoms with E-state index in [1.165, 1.54) is 121 Å². The van der Waals surface area contributed by atoms with Crippen LogP contribution in [0.4, 0.5) is 17.1 Å². The van der Waals surface area contributed by atoms with Gasteiger partial charge in [0, 0.05) is 34.0 Å². The average Bonchev–Trinajstić information content (AvgIpc) is 3.59. The van der Waals surface area contributed by atoms with E-state index in [2.05, 4.69) is 200 Å². The molecular weight excluding hydrogens is 808 g/mol. The van der Waals surface area contributed by atoms with Crippen molar-refractivity contribution >= 4 is 35.4 Å². The highest BCUT2D eigenvalue weighted by atomic mass is 15.2. The SMILES string of the molecule is Cc1cc(-c2cc3c(cc2NC2=CC=C4C(C2)C(C)(C)CCC4(C)C)C(C)(C)CC3(C)C)c2c(c1)N(c1cc3c(cc1C)C(C)(C)CCC3(C)C)C1=CCC3C(=C1B2)c1ccccc1C3(C)C. The summed E-state index contributed by atoms with van der Waals surface area (Å²) in [7, 11) is 0.914. The van der Waals surface area contributed by atoms with Crippen molar-refractivity contribution < 1.29 is 0 Å². The Kier molecular flexibility index (Phi) is 9.60. The first-order valence-electron chi connectivity index (χ1n) is 26.2. The van der Waals surface area contributed by atoms with E-state index in [1.54, 1.807) is 11.1 Å². The summed E-state index contributed by atoms with van der Waals surface area (Å²) in [5.74, 6) is 0.972. The van der Waals surface area contributed by atoms with Gasteiger partial charge in [-0.2, -0.15) is 0 Å². The molecule has 2 nitrogen and oxygen atoms in total.